The first kappa shape index (κ1) is 11.3. The maximum absolute atomic E-state index is 9.65. The van der Waals surface area contributed by atoms with E-state index in [2.05, 4.69) is 22.6 Å². The Bertz CT molecular complexity index is 492. The first-order valence-corrected chi connectivity index (χ1v) is 5.98. The van der Waals surface area contributed by atoms with E-state index in [1.54, 1.807) is 12.1 Å². The zero-order valence-electron chi connectivity index (χ0n) is 8.52. The second-order valence-electron chi connectivity index (χ2n) is 3.62. The van der Waals surface area contributed by atoms with Gasteiger partial charge >= 0.3 is 0 Å². The molecule has 3 heteroatoms. The van der Waals surface area contributed by atoms with Gasteiger partial charge in [0.2, 0.25) is 0 Å². The summed E-state index contributed by atoms with van der Waals surface area (Å²) in [6.45, 7) is 0. The highest BCUT2D eigenvalue weighted by molar-refractivity contribution is 14.1. The Morgan fingerprint density at radius 2 is 1.62 bits per heavy atom. The van der Waals surface area contributed by atoms with Crippen molar-refractivity contribution in [1.82, 2.24) is 0 Å². The van der Waals surface area contributed by atoms with Crippen molar-refractivity contribution in [2.75, 3.05) is 0 Å². The molecule has 82 valence electrons. The van der Waals surface area contributed by atoms with Crippen molar-refractivity contribution in [2.24, 2.45) is 0 Å². The average molecular weight is 326 g/mol. The van der Waals surface area contributed by atoms with Gasteiger partial charge in [-0.05, 0) is 51.9 Å². The summed E-state index contributed by atoms with van der Waals surface area (Å²) >= 11 is 2.26. The molecule has 0 aliphatic rings. The van der Waals surface area contributed by atoms with Crippen LogP contribution in [0.25, 0.3) is 0 Å². The molecule has 2 aromatic rings. The molecule has 0 aliphatic carbocycles. The van der Waals surface area contributed by atoms with Crippen LogP contribution in [-0.2, 0) is 6.42 Å². The molecule has 0 radical (unpaired) electrons. The van der Waals surface area contributed by atoms with Crippen molar-refractivity contribution in [3.05, 3.63) is 57.2 Å². The molecule has 0 bridgehead atoms. The Labute approximate surface area is 108 Å². The maximum Gasteiger partial charge on any atom is 0.122 e. The minimum absolute atomic E-state index is 0.0869. The molecule has 0 aliphatic heterocycles. The van der Waals surface area contributed by atoms with Gasteiger partial charge < -0.3 is 10.2 Å². The Balaban J connectivity index is 2.23. The fourth-order valence-corrected chi connectivity index (χ4v) is 1.88. The number of rotatable bonds is 2. The molecule has 0 amide bonds. The van der Waals surface area contributed by atoms with Crippen LogP contribution >= 0.6 is 22.6 Å². The third kappa shape index (κ3) is 2.66. The van der Waals surface area contributed by atoms with Gasteiger partial charge in [-0.25, -0.2) is 0 Å². The monoisotopic (exact) mass is 326 g/mol. The van der Waals surface area contributed by atoms with E-state index in [1.165, 1.54) is 9.64 Å². The predicted molar refractivity (Wildman–Crippen MR) is 71.7 cm³/mol. The van der Waals surface area contributed by atoms with E-state index >= 15 is 0 Å². The van der Waals surface area contributed by atoms with Crippen molar-refractivity contribution < 1.29 is 10.2 Å². The first-order chi connectivity index (χ1) is 7.65. The van der Waals surface area contributed by atoms with Crippen molar-refractivity contribution in [3.8, 4) is 11.5 Å². The van der Waals surface area contributed by atoms with Crippen LogP contribution in [0, 0.1) is 3.57 Å². The molecule has 16 heavy (non-hydrogen) atoms. The third-order valence-corrected chi connectivity index (χ3v) is 3.10. The van der Waals surface area contributed by atoms with E-state index in [-0.39, 0.29) is 11.5 Å². The summed E-state index contributed by atoms with van der Waals surface area (Å²) in [5, 5.41) is 18.8. The quantitative estimate of drug-likeness (QED) is 0.832. The molecule has 2 N–H and O–H groups in total. The van der Waals surface area contributed by atoms with Crippen molar-refractivity contribution >= 4 is 22.6 Å². The molecule has 0 unspecified atom stereocenters. The van der Waals surface area contributed by atoms with Gasteiger partial charge in [-0.2, -0.15) is 0 Å². The molecular formula is C13H11IO2. The van der Waals surface area contributed by atoms with Crippen LogP contribution in [0.3, 0.4) is 0 Å². The second kappa shape index (κ2) is 4.74. The van der Waals surface area contributed by atoms with E-state index in [9.17, 15) is 10.2 Å². The molecule has 0 heterocycles. The van der Waals surface area contributed by atoms with Crippen LogP contribution in [0.4, 0.5) is 0 Å². The molecule has 2 aromatic carbocycles. The van der Waals surface area contributed by atoms with E-state index < -0.39 is 0 Å². The molecule has 0 saturated heterocycles. The molecular weight excluding hydrogens is 315 g/mol. The fourth-order valence-electron chi connectivity index (χ4n) is 1.52. The van der Waals surface area contributed by atoms with Crippen LogP contribution in [0.2, 0.25) is 0 Å². The lowest BCUT2D eigenvalue weighted by atomic mass is 10.0. The van der Waals surface area contributed by atoms with E-state index in [0.717, 1.165) is 11.1 Å². The molecule has 0 saturated carbocycles. The van der Waals surface area contributed by atoms with E-state index in [1.807, 2.05) is 24.3 Å². The van der Waals surface area contributed by atoms with Crippen LogP contribution < -0.4 is 0 Å². The van der Waals surface area contributed by atoms with Gasteiger partial charge in [0.25, 0.3) is 0 Å². The highest BCUT2D eigenvalue weighted by atomic mass is 127. The second-order valence-corrected chi connectivity index (χ2v) is 4.86. The number of aromatic hydroxyl groups is 2. The number of hydrogen-bond acceptors (Lipinski definition) is 2. The standard InChI is InChI=1S/C13H11IO2/c14-11-4-1-9(2-5-11)7-10-3-6-12(15)8-13(10)16/h1-6,8,15-16H,7H2. The van der Waals surface area contributed by atoms with E-state index in [0.29, 0.717) is 6.42 Å². The van der Waals surface area contributed by atoms with Gasteiger partial charge in [-0.15, -0.1) is 0 Å². The van der Waals surface area contributed by atoms with Crippen LogP contribution in [0.15, 0.2) is 42.5 Å². The lowest BCUT2D eigenvalue weighted by Crippen LogP contribution is -1.88. The number of hydrogen-bond donors (Lipinski definition) is 2. The number of phenols is 2. The lowest BCUT2D eigenvalue weighted by Gasteiger charge is -2.05. The summed E-state index contributed by atoms with van der Waals surface area (Å²) in [6.07, 6.45) is 0.670. The van der Waals surface area contributed by atoms with Gasteiger partial charge in [-0.1, -0.05) is 18.2 Å². The highest BCUT2D eigenvalue weighted by Gasteiger charge is 2.03. The van der Waals surface area contributed by atoms with Crippen LogP contribution in [-0.4, -0.2) is 10.2 Å². The topological polar surface area (TPSA) is 40.5 Å². The Morgan fingerprint density at radius 3 is 2.25 bits per heavy atom. The van der Waals surface area contributed by atoms with E-state index in [4.69, 9.17) is 0 Å². The maximum atomic E-state index is 9.65. The summed E-state index contributed by atoms with van der Waals surface area (Å²) in [5.74, 6) is 0.224. The smallest absolute Gasteiger partial charge is 0.122 e. The summed E-state index contributed by atoms with van der Waals surface area (Å²) in [7, 11) is 0. The summed E-state index contributed by atoms with van der Waals surface area (Å²) in [4.78, 5) is 0. The minimum Gasteiger partial charge on any atom is -0.508 e. The Morgan fingerprint density at radius 1 is 0.938 bits per heavy atom. The Hall–Kier alpha value is -1.23. The van der Waals surface area contributed by atoms with Gasteiger partial charge in [0.15, 0.2) is 0 Å². The summed E-state index contributed by atoms with van der Waals surface area (Å²) in [5.41, 5.74) is 1.96. The van der Waals surface area contributed by atoms with Gasteiger partial charge in [0.05, 0.1) is 0 Å². The molecule has 2 nitrogen and oxygen atoms in total. The molecule has 0 fully saturated rings. The molecule has 0 atom stereocenters. The fraction of sp³-hybridized carbons (Fsp3) is 0.0769. The SMILES string of the molecule is Oc1ccc(Cc2ccc(I)cc2)c(O)c1. The largest absolute Gasteiger partial charge is 0.508 e. The number of benzene rings is 2. The number of phenolic OH excluding ortho intramolecular Hbond substituents is 2. The molecule has 0 aromatic heterocycles. The van der Waals surface area contributed by atoms with Crippen molar-refractivity contribution in [3.63, 3.8) is 0 Å². The van der Waals surface area contributed by atoms with Crippen LogP contribution in [0.5, 0.6) is 11.5 Å². The van der Waals surface area contributed by atoms with Gasteiger partial charge in [-0.3, -0.25) is 0 Å². The molecule has 0 spiro atoms. The highest BCUT2D eigenvalue weighted by Crippen LogP contribution is 2.25. The number of halogens is 1. The summed E-state index contributed by atoms with van der Waals surface area (Å²) in [6, 6.07) is 12.8. The first-order valence-electron chi connectivity index (χ1n) is 4.90. The van der Waals surface area contributed by atoms with Crippen molar-refractivity contribution in [2.45, 2.75) is 6.42 Å². The normalized spacial score (nSPS) is 10.3. The minimum atomic E-state index is 0.0869. The molecule has 2 rings (SSSR count). The average Bonchev–Trinajstić information content (AvgIpc) is 2.25. The van der Waals surface area contributed by atoms with Gasteiger partial charge in [0.1, 0.15) is 11.5 Å². The zero-order chi connectivity index (χ0) is 11.5. The third-order valence-electron chi connectivity index (χ3n) is 2.38. The summed E-state index contributed by atoms with van der Waals surface area (Å²) < 4.78 is 1.19. The lowest BCUT2D eigenvalue weighted by molar-refractivity contribution is 0.447. The Kier molecular flexibility index (Phi) is 3.33. The predicted octanol–water partition coefficient (Wildman–Crippen LogP) is 3.29. The van der Waals surface area contributed by atoms with Gasteiger partial charge in [0, 0.05) is 16.1 Å². The van der Waals surface area contributed by atoms with Crippen molar-refractivity contribution in [1.29, 1.82) is 0 Å². The zero-order valence-corrected chi connectivity index (χ0v) is 10.7. The van der Waals surface area contributed by atoms with Crippen LogP contribution in [0.1, 0.15) is 11.1 Å².